The van der Waals surface area contributed by atoms with Crippen LogP contribution in [0.2, 0.25) is 0 Å². The van der Waals surface area contributed by atoms with Gasteiger partial charge in [0.1, 0.15) is 13.2 Å². The molecule has 0 aliphatic carbocycles. The highest BCUT2D eigenvalue weighted by Gasteiger charge is 2.12. The van der Waals surface area contributed by atoms with E-state index in [0.717, 1.165) is 5.56 Å². The van der Waals surface area contributed by atoms with E-state index in [1.54, 1.807) is 42.5 Å². The van der Waals surface area contributed by atoms with Gasteiger partial charge in [-0.1, -0.05) is 24.1 Å². The summed E-state index contributed by atoms with van der Waals surface area (Å²) in [7, 11) is 0. The lowest BCUT2D eigenvalue weighted by Gasteiger charge is -2.18. The normalized spacial score (nSPS) is 12.3. The molecule has 0 fully saturated rings. The van der Waals surface area contributed by atoms with Crippen LogP contribution >= 0.6 is 0 Å². The second-order valence-electron chi connectivity index (χ2n) is 5.66. The second-order valence-corrected chi connectivity index (χ2v) is 5.66. The SMILES string of the molecule is C#CCNC(=O)c1ccccc1NC(=O)/C=C/c1ccc2c(c1)OCCO2. The molecule has 1 aliphatic rings. The first-order valence-electron chi connectivity index (χ1n) is 8.37. The average Bonchev–Trinajstić information content (AvgIpc) is 2.70. The molecule has 6 heteroatoms. The third-order valence-electron chi connectivity index (χ3n) is 3.77. The van der Waals surface area contributed by atoms with Gasteiger partial charge in [-0.2, -0.15) is 0 Å². The molecule has 2 aromatic carbocycles. The minimum atomic E-state index is -0.359. The Morgan fingerprint density at radius 3 is 2.70 bits per heavy atom. The summed E-state index contributed by atoms with van der Waals surface area (Å²) < 4.78 is 11.0. The zero-order valence-electron chi connectivity index (χ0n) is 14.5. The molecule has 0 saturated heterocycles. The Labute approximate surface area is 157 Å². The standard InChI is InChI=1S/C21H18N2O4/c1-2-11-22-21(25)16-5-3-4-6-17(16)23-20(24)10-8-15-7-9-18-19(14-15)27-13-12-26-18/h1,3-10,14H,11-13H2,(H,22,25)(H,23,24)/b10-8+. The van der Waals surface area contributed by atoms with E-state index in [-0.39, 0.29) is 18.4 Å². The van der Waals surface area contributed by atoms with Gasteiger partial charge in [-0.15, -0.1) is 6.42 Å². The first-order valence-corrected chi connectivity index (χ1v) is 8.37. The lowest BCUT2D eigenvalue weighted by atomic mass is 10.1. The van der Waals surface area contributed by atoms with Gasteiger partial charge in [0, 0.05) is 6.08 Å². The lowest BCUT2D eigenvalue weighted by Crippen LogP contribution is -2.25. The Morgan fingerprint density at radius 1 is 1.11 bits per heavy atom. The van der Waals surface area contributed by atoms with Crippen LogP contribution in [0.15, 0.2) is 48.5 Å². The second kappa shape index (κ2) is 8.59. The van der Waals surface area contributed by atoms with Crippen molar-refractivity contribution in [1.29, 1.82) is 0 Å². The fourth-order valence-corrected chi connectivity index (χ4v) is 2.53. The molecule has 3 rings (SSSR count). The molecular weight excluding hydrogens is 344 g/mol. The largest absolute Gasteiger partial charge is 0.486 e. The van der Waals surface area contributed by atoms with Crippen molar-refractivity contribution < 1.29 is 19.1 Å². The molecular formula is C21H18N2O4. The van der Waals surface area contributed by atoms with E-state index >= 15 is 0 Å². The summed E-state index contributed by atoms with van der Waals surface area (Å²) in [5, 5.41) is 5.29. The predicted molar refractivity (Wildman–Crippen MR) is 103 cm³/mol. The van der Waals surface area contributed by atoms with Crippen LogP contribution < -0.4 is 20.1 Å². The van der Waals surface area contributed by atoms with Crippen LogP contribution in [0, 0.1) is 12.3 Å². The smallest absolute Gasteiger partial charge is 0.254 e. The third-order valence-corrected chi connectivity index (χ3v) is 3.77. The first kappa shape index (κ1) is 18.1. The lowest BCUT2D eigenvalue weighted by molar-refractivity contribution is -0.111. The van der Waals surface area contributed by atoms with Gasteiger partial charge in [-0.05, 0) is 35.9 Å². The van der Waals surface area contributed by atoms with E-state index in [9.17, 15) is 9.59 Å². The maximum atomic E-state index is 12.2. The average molecular weight is 362 g/mol. The Balaban J connectivity index is 1.68. The van der Waals surface area contributed by atoms with Crippen LogP contribution in [0.5, 0.6) is 11.5 Å². The van der Waals surface area contributed by atoms with Crippen molar-refractivity contribution in [3.05, 3.63) is 59.7 Å². The van der Waals surface area contributed by atoms with E-state index in [4.69, 9.17) is 15.9 Å². The molecule has 2 amide bonds. The van der Waals surface area contributed by atoms with E-state index in [1.807, 2.05) is 6.07 Å². The minimum Gasteiger partial charge on any atom is -0.486 e. The van der Waals surface area contributed by atoms with Crippen LogP contribution in [0.25, 0.3) is 6.08 Å². The van der Waals surface area contributed by atoms with Crippen molar-refractivity contribution in [3.8, 4) is 23.8 Å². The van der Waals surface area contributed by atoms with Gasteiger partial charge >= 0.3 is 0 Å². The zero-order valence-corrected chi connectivity index (χ0v) is 14.5. The molecule has 27 heavy (non-hydrogen) atoms. The predicted octanol–water partition coefficient (Wildman–Crippen LogP) is 2.47. The number of carbonyl (C=O) groups is 2. The zero-order chi connectivity index (χ0) is 19.1. The van der Waals surface area contributed by atoms with E-state index in [2.05, 4.69) is 16.6 Å². The minimum absolute atomic E-state index is 0.116. The van der Waals surface area contributed by atoms with Gasteiger partial charge in [0.2, 0.25) is 5.91 Å². The molecule has 1 aliphatic heterocycles. The summed E-state index contributed by atoms with van der Waals surface area (Å²) in [5.41, 5.74) is 1.55. The number of terminal acetylenes is 1. The highest BCUT2D eigenvalue weighted by atomic mass is 16.6. The molecule has 1 heterocycles. The Morgan fingerprint density at radius 2 is 1.89 bits per heavy atom. The summed E-state index contributed by atoms with van der Waals surface area (Å²) in [6, 6.07) is 12.2. The van der Waals surface area contributed by atoms with E-state index in [0.29, 0.717) is 36.0 Å². The number of para-hydroxylation sites is 1. The van der Waals surface area contributed by atoms with Crippen molar-refractivity contribution in [1.82, 2.24) is 5.32 Å². The maximum Gasteiger partial charge on any atom is 0.254 e. The number of hydrogen-bond acceptors (Lipinski definition) is 4. The molecule has 2 aromatic rings. The maximum absolute atomic E-state index is 12.2. The molecule has 0 bridgehead atoms. The monoisotopic (exact) mass is 362 g/mol. The summed E-state index contributed by atoms with van der Waals surface area (Å²) in [6.07, 6.45) is 8.20. The van der Waals surface area contributed by atoms with Gasteiger partial charge in [0.05, 0.1) is 17.8 Å². The number of hydrogen-bond donors (Lipinski definition) is 2. The van der Waals surface area contributed by atoms with Gasteiger partial charge in [-0.3, -0.25) is 9.59 Å². The number of carbonyl (C=O) groups excluding carboxylic acids is 2. The third kappa shape index (κ3) is 4.67. The van der Waals surface area contributed by atoms with Crippen molar-refractivity contribution in [2.75, 3.05) is 25.1 Å². The van der Waals surface area contributed by atoms with Crippen LogP contribution in [0.4, 0.5) is 5.69 Å². The number of rotatable bonds is 5. The van der Waals surface area contributed by atoms with Gasteiger partial charge in [0.25, 0.3) is 5.91 Å². The summed E-state index contributed by atoms with van der Waals surface area (Å²) in [5.74, 6) is 2.97. The van der Waals surface area contributed by atoms with Crippen LogP contribution in [-0.2, 0) is 4.79 Å². The van der Waals surface area contributed by atoms with Crippen molar-refractivity contribution in [3.63, 3.8) is 0 Å². The molecule has 2 N–H and O–H groups in total. The van der Waals surface area contributed by atoms with E-state index < -0.39 is 0 Å². The molecule has 0 radical (unpaired) electrons. The highest BCUT2D eigenvalue weighted by Crippen LogP contribution is 2.31. The Kier molecular flexibility index (Phi) is 5.75. The van der Waals surface area contributed by atoms with Gasteiger partial charge in [0.15, 0.2) is 11.5 Å². The van der Waals surface area contributed by atoms with Crippen LogP contribution in [-0.4, -0.2) is 31.6 Å². The number of ether oxygens (including phenoxy) is 2. The number of amides is 2. The Bertz CT molecular complexity index is 928. The summed E-state index contributed by atoms with van der Waals surface area (Å²) in [6.45, 7) is 1.14. The number of benzene rings is 2. The van der Waals surface area contributed by atoms with Gasteiger partial charge in [-0.25, -0.2) is 0 Å². The Hall–Kier alpha value is -3.72. The quantitative estimate of drug-likeness (QED) is 0.633. The molecule has 0 unspecified atom stereocenters. The van der Waals surface area contributed by atoms with Crippen LogP contribution in [0.3, 0.4) is 0 Å². The van der Waals surface area contributed by atoms with E-state index in [1.165, 1.54) is 6.08 Å². The highest BCUT2D eigenvalue weighted by molar-refractivity contribution is 6.07. The summed E-state index contributed by atoms with van der Waals surface area (Å²) >= 11 is 0. The van der Waals surface area contributed by atoms with Crippen molar-refractivity contribution >= 4 is 23.6 Å². The number of fused-ring (bicyclic) bond motifs is 1. The number of anilines is 1. The fourth-order valence-electron chi connectivity index (χ4n) is 2.53. The molecule has 0 saturated carbocycles. The fraction of sp³-hybridized carbons (Fsp3) is 0.143. The molecule has 0 aromatic heterocycles. The molecule has 0 atom stereocenters. The molecule has 6 nitrogen and oxygen atoms in total. The first-order chi connectivity index (χ1) is 13.2. The van der Waals surface area contributed by atoms with Crippen molar-refractivity contribution in [2.24, 2.45) is 0 Å². The van der Waals surface area contributed by atoms with Crippen molar-refractivity contribution in [2.45, 2.75) is 0 Å². The number of nitrogens with one attached hydrogen (secondary N) is 2. The molecule has 136 valence electrons. The topological polar surface area (TPSA) is 76.7 Å². The molecule has 0 spiro atoms. The van der Waals surface area contributed by atoms with Crippen LogP contribution in [0.1, 0.15) is 15.9 Å². The summed E-state index contributed by atoms with van der Waals surface area (Å²) in [4.78, 5) is 24.4. The van der Waals surface area contributed by atoms with Gasteiger partial charge < -0.3 is 20.1 Å².